The predicted octanol–water partition coefficient (Wildman–Crippen LogP) is 3.04. The average Bonchev–Trinajstić information content (AvgIpc) is 3.01. The highest BCUT2D eigenvalue weighted by Crippen LogP contribution is 2.32. The van der Waals surface area contributed by atoms with Crippen LogP contribution in [-0.4, -0.2) is 33.3 Å². The number of hydrogen-bond donors (Lipinski definition) is 1. The van der Waals surface area contributed by atoms with Gasteiger partial charge in [-0.15, -0.1) is 0 Å². The van der Waals surface area contributed by atoms with Crippen molar-refractivity contribution in [2.24, 2.45) is 0 Å². The molecule has 1 fully saturated rings. The smallest absolute Gasteiger partial charge is 0.335 e. The Morgan fingerprint density at radius 1 is 1.52 bits per heavy atom. The zero-order valence-electron chi connectivity index (χ0n) is 12.4. The van der Waals surface area contributed by atoms with Crippen molar-refractivity contribution < 1.29 is 14.6 Å². The number of benzene rings is 1. The number of hydrogen-bond acceptors (Lipinski definition) is 3. The van der Waals surface area contributed by atoms with Crippen LogP contribution in [0.4, 0.5) is 0 Å². The van der Waals surface area contributed by atoms with Crippen molar-refractivity contribution in [3.8, 4) is 0 Å². The van der Waals surface area contributed by atoms with Crippen molar-refractivity contribution in [2.75, 3.05) is 6.61 Å². The minimum absolute atomic E-state index is 0.164. The summed E-state index contributed by atoms with van der Waals surface area (Å²) < 4.78 is 7.94. The summed E-state index contributed by atoms with van der Waals surface area (Å²) in [7, 11) is 0. The number of fused-ring (bicyclic) bond motifs is 1. The second kappa shape index (κ2) is 5.48. The Balaban J connectivity index is 2.15. The van der Waals surface area contributed by atoms with Crippen LogP contribution in [0.3, 0.4) is 0 Å². The predicted molar refractivity (Wildman–Crippen MR) is 79.8 cm³/mol. The Kier molecular flexibility index (Phi) is 3.68. The molecule has 2 atom stereocenters. The van der Waals surface area contributed by atoms with E-state index < -0.39 is 5.97 Å². The summed E-state index contributed by atoms with van der Waals surface area (Å²) in [5, 5.41) is 9.12. The van der Waals surface area contributed by atoms with Crippen molar-refractivity contribution in [3.05, 3.63) is 29.6 Å². The van der Waals surface area contributed by atoms with Crippen LogP contribution in [0.1, 0.15) is 48.9 Å². The first kappa shape index (κ1) is 14.1. The number of rotatable bonds is 4. The molecule has 0 spiro atoms. The molecule has 0 amide bonds. The fourth-order valence-corrected chi connectivity index (χ4v) is 3.11. The molecule has 1 aromatic carbocycles. The van der Waals surface area contributed by atoms with E-state index in [0.717, 1.165) is 42.7 Å². The van der Waals surface area contributed by atoms with Gasteiger partial charge in [-0.25, -0.2) is 9.78 Å². The molecule has 1 saturated heterocycles. The van der Waals surface area contributed by atoms with Gasteiger partial charge in [-0.05, 0) is 38.0 Å². The van der Waals surface area contributed by atoms with Gasteiger partial charge < -0.3 is 14.4 Å². The van der Waals surface area contributed by atoms with Gasteiger partial charge in [0.15, 0.2) is 0 Å². The molecule has 21 heavy (non-hydrogen) atoms. The van der Waals surface area contributed by atoms with Gasteiger partial charge in [0, 0.05) is 13.0 Å². The lowest BCUT2D eigenvalue weighted by Gasteiger charge is -2.19. The second-order valence-electron chi connectivity index (χ2n) is 5.59. The maximum atomic E-state index is 11.1. The Morgan fingerprint density at radius 3 is 2.95 bits per heavy atom. The molecule has 0 saturated carbocycles. The number of carbonyl (C=O) groups is 1. The molecule has 5 heteroatoms. The van der Waals surface area contributed by atoms with Gasteiger partial charge in [0.1, 0.15) is 5.82 Å². The Labute approximate surface area is 123 Å². The minimum atomic E-state index is -0.916. The molecule has 1 aromatic heterocycles. The van der Waals surface area contributed by atoms with E-state index >= 15 is 0 Å². The summed E-state index contributed by atoms with van der Waals surface area (Å²) in [5.74, 6) is 0.110. The number of nitrogens with zero attached hydrogens (tertiary/aromatic N) is 2. The highest BCUT2D eigenvalue weighted by molar-refractivity contribution is 5.92. The molecule has 2 aromatic rings. The number of carboxylic acids is 1. The average molecular weight is 288 g/mol. The SMILES string of the molecule is CCCc1nc2cc(C(=O)O)ccc2n1C1CCOC1C. The topological polar surface area (TPSA) is 64.3 Å². The Hall–Kier alpha value is -1.88. The number of carboxylic acid groups (broad SMARTS) is 1. The van der Waals surface area contributed by atoms with Gasteiger partial charge in [-0.2, -0.15) is 0 Å². The van der Waals surface area contributed by atoms with Crippen molar-refractivity contribution in [1.29, 1.82) is 0 Å². The number of aryl methyl sites for hydroxylation is 1. The fourth-order valence-electron chi connectivity index (χ4n) is 3.11. The Bertz CT molecular complexity index is 677. The van der Waals surface area contributed by atoms with E-state index in [-0.39, 0.29) is 17.7 Å². The maximum Gasteiger partial charge on any atom is 0.335 e. The third-order valence-electron chi connectivity index (χ3n) is 4.15. The van der Waals surface area contributed by atoms with E-state index in [9.17, 15) is 4.79 Å². The molecule has 0 bridgehead atoms. The normalized spacial score (nSPS) is 22.0. The molecule has 1 N–H and O–H groups in total. The first-order valence-electron chi connectivity index (χ1n) is 7.47. The molecule has 1 aliphatic heterocycles. The van der Waals surface area contributed by atoms with E-state index in [1.54, 1.807) is 12.1 Å². The summed E-state index contributed by atoms with van der Waals surface area (Å²) in [6, 6.07) is 5.47. The summed E-state index contributed by atoms with van der Waals surface area (Å²) in [5.41, 5.74) is 2.05. The molecule has 0 radical (unpaired) electrons. The number of aromatic carboxylic acids is 1. The maximum absolute atomic E-state index is 11.1. The minimum Gasteiger partial charge on any atom is -0.478 e. The lowest BCUT2D eigenvalue weighted by molar-refractivity contribution is 0.0697. The van der Waals surface area contributed by atoms with Gasteiger partial charge in [-0.3, -0.25) is 0 Å². The molecule has 1 aliphatic rings. The lowest BCUT2D eigenvalue weighted by atomic mass is 10.1. The third kappa shape index (κ3) is 2.42. The largest absolute Gasteiger partial charge is 0.478 e. The molecule has 2 unspecified atom stereocenters. The molecule has 5 nitrogen and oxygen atoms in total. The van der Waals surface area contributed by atoms with Crippen molar-refractivity contribution >= 4 is 17.0 Å². The van der Waals surface area contributed by atoms with Gasteiger partial charge in [-0.1, -0.05) is 6.92 Å². The van der Waals surface area contributed by atoms with Crippen LogP contribution < -0.4 is 0 Å². The van der Waals surface area contributed by atoms with Gasteiger partial charge in [0.25, 0.3) is 0 Å². The third-order valence-corrected chi connectivity index (χ3v) is 4.15. The molecular weight excluding hydrogens is 268 g/mol. The van der Waals surface area contributed by atoms with E-state index in [0.29, 0.717) is 0 Å². The van der Waals surface area contributed by atoms with Crippen LogP contribution in [0.15, 0.2) is 18.2 Å². The summed E-state index contributed by atoms with van der Waals surface area (Å²) >= 11 is 0. The van der Waals surface area contributed by atoms with Gasteiger partial charge in [0.05, 0.1) is 28.7 Å². The zero-order chi connectivity index (χ0) is 15.0. The monoisotopic (exact) mass is 288 g/mol. The molecule has 2 heterocycles. The molecule has 0 aliphatic carbocycles. The quantitative estimate of drug-likeness (QED) is 0.939. The number of imidazole rings is 1. The van der Waals surface area contributed by atoms with Crippen LogP contribution in [0.25, 0.3) is 11.0 Å². The standard InChI is InChI=1S/C16H20N2O3/c1-3-4-15-17-12-9-11(16(19)20)5-6-14(12)18(15)13-7-8-21-10(13)2/h5-6,9-10,13H,3-4,7-8H2,1-2H3,(H,19,20). The van der Waals surface area contributed by atoms with E-state index in [1.165, 1.54) is 0 Å². The first-order valence-corrected chi connectivity index (χ1v) is 7.47. The molecular formula is C16H20N2O3. The fraction of sp³-hybridized carbons (Fsp3) is 0.500. The van der Waals surface area contributed by atoms with Crippen LogP contribution in [0.2, 0.25) is 0 Å². The van der Waals surface area contributed by atoms with Crippen LogP contribution in [0.5, 0.6) is 0 Å². The summed E-state index contributed by atoms with van der Waals surface area (Å²) in [6.07, 6.45) is 3.04. The summed E-state index contributed by atoms with van der Waals surface area (Å²) in [4.78, 5) is 15.8. The van der Waals surface area contributed by atoms with Gasteiger partial charge in [0.2, 0.25) is 0 Å². The second-order valence-corrected chi connectivity index (χ2v) is 5.59. The zero-order valence-corrected chi connectivity index (χ0v) is 12.4. The Morgan fingerprint density at radius 2 is 2.33 bits per heavy atom. The molecule has 112 valence electrons. The highest BCUT2D eigenvalue weighted by Gasteiger charge is 2.29. The van der Waals surface area contributed by atoms with E-state index in [4.69, 9.17) is 9.84 Å². The van der Waals surface area contributed by atoms with Gasteiger partial charge >= 0.3 is 5.97 Å². The number of aromatic nitrogens is 2. The first-order chi connectivity index (χ1) is 10.1. The lowest BCUT2D eigenvalue weighted by Crippen LogP contribution is -2.19. The van der Waals surface area contributed by atoms with E-state index in [2.05, 4.69) is 23.4 Å². The van der Waals surface area contributed by atoms with Crippen LogP contribution >= 0.6 is 0 Å². The van der Waals surface area contributed by atoms with Crippen LogP contribution in [0, 0.1) is 0 Å². The number of ether oxygens (including phenoxy) is 1. The molecule has 3 rings (SSSR count). The van der Waals surface area contributed by atoms with Crippen molar-refractivity contribution in [3.63, 3.8) is 0 Å². The van der Waals surface area contributed by atoms with Crippen molar-refractivity contribution in [2.45, 2.75) is 45.3 Å². The van der Waals surface area contributed by atoms with E-state index in [1.807, 2.05) is 6.07 Å². The van der Waals surface area contributed by atoms with Crippen molar-refractivity contribution in [1.82, 2.24) is 9.55 Å². The highest BCUT2D eigenvalue weighted by atomic mass is 16.5. The van der Waals surface area contributed by atoms with Crippen LogP contribution in [-0.2, 0) is 11.2 Å². The summed E-state index contributed by atoms with van der Waals surface area (Å²) in [6.45, 7) is 4.98.